The van der Waals surface area contributed by atoms with Crippen LogP contribution in [0.5, 0.6) is 0 Å². The first kappa shape index (κ1) is 14.0. The van der Waals surface area contributed by atoms with Gasteiger partial charge in [0.15, 0.2) is 0 Å². The van der Waals surface area contributed by atoms with Crippen molar-refractivity contribution >= 4 is 12.0 Å². The molecule has 0 aromatic heterocycles. The summed E-state index contributed by atoms with van der Waals surface area (Å²) in [7, 11) is 0. The van der Waals surface area contributed by atoms with Crippen molar-refractivity contribution in [2.24, 2.45) is 0 Å². The van der Waals surface area contributed by atoms with Gasteiger partial charge in [0.2, 0.25) is 0 Å². The zero-order chi connectivity index (χ0) is 13.5. The number of rotatable bonds is 5. The number of carbonyl (C=O) groups is 2. The van der Waals surface area contributed by atoms with Gasteiger partial charge in [-0.05, 0) is 31.5 Å². The van der Waals surface area contributed by atoms with Crippen molar-refractivity contribution in [2.75, 3.05) is 13.1 Å². The Morgan fingerprint density at radius 1 is 1.28 bits per heavy atom. The fourth-order valence-corrected chi connectivity index (χ4v) is 1.61. The molecule has 0 fully saturated rings. The van der Waals surface area contributed by atoms with Crippen LogP contribution in [0.2, 0.25) is 0 Å². The molecular formula is C13H18N2O3. The second-order valence-electron chi connectivity index (χ2n) is 3.84. The molecule has 5 nitrogen and oxygen atoms in total. The number of amides is 2. The summed E-state index contributed by atoms with van der Waals surface area (Å²) in [6.45, 7) is 5.45. The van der Waals surface area contributed by atoms with E-state index in [0.717, 1.165) is 5.56 Å². The average molecular weight is 250 g/mol. The molecule has 0 saturated heterocycles. The summed E-state index contributed by atoms with van der Waals surface area (Å²) in [4.78, 5) is 24.2. The Labute approximate surface area is 106 Å². The highest BCUT2D eigenvalue weighted by atomic mass is 16.4. The maximum Gasteiger partial charge on any atom is 0.335 e. The molecule has 1 aromatic rings. The highest BCUT2D eigenvalue weighted by Gasteiger charge is 2.09. The molecule has 0 unspecified atom stereocenters. The average Bonchev–Trinajstić information content (AvgIpc) is 2.38. The Morgan fingerprint density at radius 3 is 2.50 bits per heavy atom. The lowest BCUT2D eigenvalue weighted by atomic mass is 10.1. The van der Waals surface area contributed by atoms with E-state index in [2.05, 4.69) is 5.32 Å². The summed E-state index contributed by atoms with van der Waals surface area (Å²) in [6.07, 6.45) is 0. The van der Waals surface area contributed by atoms with Crippen LogP contribution in [0.1, 0.15) is 29.8 Å². The van der Waals surface area contributed by atoms with Crippen molar-refractivity contribution in [3.63, 3.8) is 0 Å². The molecule has 0 spiro atoms. The van der Waals surface area contributed by atoms with Crippen LogP contribution >= 0.6 is 0 Å². The maximum absolute atomic E-state index is 11.7. The molecule has 0 radical (unpaired) electrons. The van der Waals surface area contributed by atoms with Gasteiger partial charge in [-0.2, -0.15) is 0 Å². The van der Waals surface area contributed by atoms with Crippen LogP contribution in [0, 0.1) is 0 Å². The molecule has 0 bridgehead atoms. The molecule has 0 aliphatic heterocycles. The van der Waals surface area contributed by atoms with Crippen LogP contribution in [0.25, 0.3) is 0 Å². The van der Waals surface area contributed by atoms with Gasteiger partial charge in [0, 0.05) is 19.6 Å². The number of hydrogen-bond acceptors (Lipinski definition) is 2. The van der Waals surface area contributed by atoms with Gasteiger partial charge in [-0.25, -0.2) is 9.59 Å². The molecule has 1 rings (SSSR count). The molecule has 18 heavy (non-hydrogen) atoms. The lowest BCUT2D eigenvalue weighted by molar-refractivity contribution is 0.0696. The quantitative estimate of drug-likeness (QED) is 0.839. The van der Waals surface area contributed by atoms with Crippen molar-refractivity contribution in [1.29, 1.82) is 0 Å². The van der Waals surface area contributed by atoms with Crippen molar-refractivity contribution in [2.45, 2.75) is 20.4 Å². The van der Waals surface area contributed by atoms with Gasteiger partial charge in [-0.1, -0.05) is 12.1 Å². The third kappa shape index (κ3) is 3.76. The van der Waals surface area contributed by atoms with Crippen molar-refractivity contribution in [3.05, 3.63) is 35.4 Å². The first-order valence-corrected chi connectivity index (χ1v) is 5.93. The molecule has 5 heteroatoms. The number of nitrogens with one attached hydrogen (secondary N) is 1. The summed E-state index contributed by atoms with van der Waals surface area (Å²) < 4.78 is 0. The van der Waals surface area contributed by atoms with E-state index in [4.69, 9.17) is 5.11 Å². The smallest absolute Gasteiger partial charge is 0.335 e. The molecule has 0 atom stereocenters. The third-order valence-electron chi connectivity index (χ3n) is 2.67. The monoisotopic (exact) mass is 250 g/mol. The van der Waals surface area contributed by atoms with E-state index in [-0.39, 0.29) is 11.6 Å². The topological polar surface area (TPSA) is 69.6 Å². The zero-order valence-corrected chi connectivity index (χ0v) is 10.6. The van der Waals surface area contributed by atoms with Gasteiger partial charge in [0.25, 0.3) is 0 Å². The number of carboxylic acids is 1. The first-order valence-electron chi connectivity index (χ1n) is 5.93. The number of benzene rings is 1. The Morgan fingerprint density at radius 2 is 1.94 bits per heavy atom. The second kappa shape index (κ2) is 6.64. The lowest BCUT2D eigenvalue weighted by Gasteiger charge is -2.19. The highest BCUT2D eigenvalue weighted by Crippen LogP contribution is 2.05. The third-order valence-corrected chi connectivity index (χ3v) is 2.67. The summed E-state index contributed by atoms with van der Waals surface area (Å²) in [6, 6.07) is 6.40. The van der Waals surface area contributed by atoms with Gasteiger partial charge >= 0.3 is 12.0 Å². The number of hydrogen-bond donors (Lipinski definition) is 2. The van der Waals surface area contributed by atoms with Crippen molar-refractivity contribution in [3.8, 4) is 0 Å². The molecule has 1 aromatic carbocycles. The minimum Gasteiger partial charge on any atom is -0.478 e. The minimum absolute atomic E-state index is 0.138. The van der Waals surface area contributed by atoms with Crippen LogP contribution < -0.4 is 5.32 Å². The number of nitrogens with zero attached hydrogens (tertiary/aromatic N) is 1. The number of carbonyl (C=O) groups excluding carboxylic acids is 1. The summed E-state index contributed by atoms with van der Waals surface area (Å²) in [5, 5.41) is 11.6. The summed E-state index contributed by atoms with van der Waals surface area (Å²) >= 11 is 0. The van der Waals surface area contributed by atoms with Crippen LogP contribution in [0.15, 0.2) is 24.3 Å². The number of carboxylic acid groups (broad SMARTS) is 1. The maximum atomic E-state index is 11.7. The predicted molar refractivity (Wildman–Crippen MR) is 68.6 cm³/mol. The Hall–Kier alpha value is -2.04. The van der Waals surface area contributed by atoms with E-state index >= 15 is 0 Å². The van der Waals surface area contributed by atoms with Crippen molar-refractivity contribution in [1.82, 2.24) is 10.2 Å². The Balaban J connectivity index is 2.61. The van der Waals surface area contributed by atoms with Gasteiger partial charge in [0.05, 0.1) is 5.56 Å². The summed E-state index contributed by atoms with van der Waals surface area (Å²) in [5.41, 5.74) is 1.000. The first-order chi connectivity index (χ1) is 8.58. The minimum atomic E-state index is -0.966. The lowest BCUT2D eigenvalue weighted by Crippen LogP contribution is -2.39. The fraction of sp³-hybridized carbons (Fsp3) is 0.385. The molecule has 98 valence electrons. The molecule has 0 aliphatic carbocycles. The normalized spacial score (nSPS) is 9.89. The van der Waals surface area contributed by atoms with Crippen LogP contribution in [-0.2, 0) is 6.54 Å². The Kier molecular flexibility index (Phi) is 5.17. The molecular weight excluding hydrogens is 232 g/mol. The van der Waals surface area contributed by atoms with E-state index in [1.54, 1.807) is 23.1 Å². The van der Waals surface area contributed by atoms with E-state index in [0.29, 0.717) is 19.6 Å². The highest BCUT2D eigenvalue weighted by molar-refractivity contribution is 5.87. The molecule has 0 saturated carbocycles. The SMILES string of the molecule is CCN(CC)C(=O)NCc1cccc(C(=O)O)c1. The standard InChI is InChI=1S/C13H18N2O3/c1-3-15(4-2)13(18)14-9-10-6-5-7-11(8-10)12(16)17/h5-8H,3-4,9H2,1-2H3,(H,14,18)(H,16,17). The van der Waals surface area contributed by atoms with Gasteiger partial charge in [0.1, 0.15) is 0 Å². The van der Waals surface area contributed by atoms with Crippen molar-refractivity contribution < 1.29 is 14.7 Å². The van der Waals surface area contributed by atoms with E-state index in [1.807, 2.05) is 13.8 Å². The fourth-order valence-electron chi connectivity index (χ4n) is 1.61. The molecule has 0 aliphatic rings. The van der Waals surface area contributed by atoms with Gasteiger partial charge in [-0.3, -0.25) is 0 Å². The number of aromatic carboxylic acids is 1. The predicted octanol–water partition coefficient (Wildman–Crippen LogP) is 1.94. The van der Waals surface area contributed by atoms with E-state index < -0.39 is 5.97 Å². The molecule has 2 amide bonds. The van der Waals surface area contributed by atoms with Crippen LogP contribution in [0.4, 0.5) is 4.79 Å². The summed E-state index contributed by atoms with van der Waals surface area (Å²) in [5.74, 6) is -0.966. The molecule has 2 N–H and O–H groups in total. The number of urea groups is 1. The molecule has 0 heterocycles. The zero-order valence-electron chi connectivity index (χ0n) is 10.6. The van der Waals surface area contributed by atoms with Crippen LogP contribution in [0.3, 0.4) is 0 Å². The van der Waals surface area contributed by atoms with Gasteiger partial charge in [-0.15, -0.1) is 0 Å². The van der Waals surface area contributed by atoms with Gasteiger partial charge < -0.3 is 15.3 Å². The van der Waals surface area contributed by atoms with Crippen LogP contribution in [-0.4, -0.2) is 35.1 Å². The van der Waals surface area contributed by atoms with E-state index in [1.165, 1.54) is 6.07 Å². The second-order valence-corrected chi connectivity index (χ2v) is 3.84. The largest absolute Gasteiger partial charge is 0.478 e. The van der Waals surface area contributed by atoms with E-state index in [9.17, 15) is 9.59 Å². The Bertz CT molecular complexity index is 428.